The van der Waals surface area contributed by atoms with E-state index in [9.17, 15) is 0 Å². The van der Waals surface area contributed by atoms with E-state index in [-0.39, 0.29) is 24.0 Å². The van der Waals surface area contributed by atoms with Crippen molar-refractivity contribution in [2.45, 2.75) is 0 Å². The first-order valence-electron chi connectivity index (χ1n) is 6.35. The molecule has 0 bridgehead atoms. The molecule has 1 aromatic heterocycles. The minimum absolute atomic E-state index is 0.0130. The van der Waals surface area contributed by atoms with Gasteiger partial charge in [-0.05, 0) is 34.1 Å². The highest BCUT2D eigenvalue weighted by atomic mass is 16.6. The first-order chi connectivity index (χ1) is 11.2. The largest absolute Gasteiger partial charge is 0.493 e. The van der Waals surface area contributed by atoms with Gasteiger partial charge < -0.3 is 20.9 Å². The summed E-state index contributed by atoms with van der Waals surface area (Å²) in [4.78, 5) is 0. The Hall–Kier alpha value is -3.54. The first-order valence-corrected chi connectivity index (χ1v) is 6.35. The van der Waals surface area contributed by atoms with Gasteiger partial charge in [-0.1, -0.05) is 5.92 Å². The van der Waals surface area contributed by atoms with Crippen molar-refractivity contribution in [1.82, 2.24) is 10.3 Å². The van der Waals surface area contributed by atoms with E-state index in [1.54, 1.807) is 18.2 Å². The number of ether oxygens (including phenoxy) is 2. The number of terminal acetylenes is 1. The second-order valence-electron chi connectivity index (χ2n) is 4.13. The number of amidine groups is 1. The smallest absolute Gasteiger partial charge is 0.199 e. The lowest BCUT2D eigenvalue weighted by Gasteiger charge is -2.08. The van der Waals surface area contributed by atoms with Crippen LogP contribution in [0.15, 0.2) is 33.0 Å². The number of nitrogens with zero attached hydrogens (tertiary/aromatic N) is 4. The highest BCUT2D eigenvalue weighted by Gasteiger charge is 2.10. The fourth-order valence-corrected chi connectivity index (χ4v) is 1.58. The van der Waals surface area contributed by atoms with Gasteiger partial charge in [-0.15, -0.1) is 11.5 Å². The average Bonchev–Trinajstić information content (AvgIpc) is 2.99. The molecule has 2 aromatic rings. The van der Waals surface area contributed by atoms with Crippen LogP contribution >= 0.6 is 0 Å². The summed E-state index contributed by atoms with van der Waals surface area (Å²) in [6, 6.07) is 5.19. The van der Waals surface area contributed by atoms with E-state index in [1.165, 1.54) is 13.3 Å². The van der Waals surface area contributed by atoms with Crippen LogP contribution in [0.3, 0.4) is 0 Å². The normalized spacial score (nSPS) is 11.4. The van der Waals surface area contributed by atoms with Crippen molar-refractivity contribution in [1.29, 1.82) is 0 Å². The third-order valence-corrected chi connectivity index (χ3v) is 2.63. The number of nitrogens with two attached hydrogens (primary N) is 2. The molecule has 0 aliphatic carbocycles. The Morgan fingerprint density at radius 2 is 2.26 bits per heavy atom. The average molecular weight is 314 g/mol. The van der Waals surface area contributed by atoms with E-state index in [2.05, 4.69) is 31.1 Å². The fourth-order valence-electron chi connectivity index (χ4n) is 1.58. The Morgan fingerprint density at radius 1 is 1.43 bits per heavy atom. The molecule has 0 unspecified atom stereocenters. The number of hydrogen-bond acceptors (Lipinski definition) is 8. The summed E-state index contributed by atoms with van der Waals surface area (Å²) in [6.07, 6.45) is 6.63. The van der Waals surface area contributed by atoms with Crippen LogP contribution in [-0.2, 0) is 0 Å². The molecule has 1 heterocycles. The molecule has 0 saturated heterocycles. The van der Waals surface area contributed by atoms with Gasteiger partial charge in [0.25, 0.3) is 0 Å². The molecular formula is C14H14N6O3. The molecule has 0 amide bonds. The lowest BCUT2D eigenvalue weighted by Crippen LogP contribution is -2.15. The van der Waals surface area contributed by atoms with Gasteiger partial charge in [-0.2, -0.15) is 5.10 Å². The molecule has 9 heteroatoms. The van der Waals surface area contributed by atoms with Crippen molar-refractivity contribution < 1.29 is 14.1 Å². The second kappa shape index (κ2) is 7.46. The van der Waals surface area contributed by atoms with Gasteiger partial charge >= 0.3 is 0 Å². The van der Waals surface area contributed by atoms with Crippen molar-refractivity contribution in [2.24, 2.45) is 15.9 Å². The second-order valence-corrected chi connectivity index (χ2v) is 4.13. The summed E-state index contributed by atoms with van der Waals surface area (Å²) >= 11 is 0. The maximum atomic E-state index is 5.67. The lowest BCUT2D eigenvalue weighted by molar-refractivity contribution is 0.308. The van der Waals surface area contributed by atoms with Gasteiger partial charge in [0.1, 0.15) is 6.61 Å². The molecule has 0 saturated carbocycles. The predicted octanol–water partition coefficient (Wildman–Crippen LogP) is 0.412. The Bertz CT molecular complexity index is 775. The van der Waals surface area contributed by atoms with Crippen LogP contribution in [0.25, 0.3) is 0 Å². The number of nitrogen functional groups attached to an aromatic ring is 1. The van der Waals surface area contributed by atoms with Gasteiger partial charge in [-0.3, -0.25) is 0 Å². The maximum Gasteiger partial charge on any atom is 0.199 e. The van der Waals surface area contributed by atoms with Gasteiger partial charge in [0.2, 0.25) is 0 Å². The van der Waals surface area contributed by atoms with Crippen LogP contribution in [0.5, 0.6) is 11.5 Å². The molecule has 118 valence electrons. The van der Waals surface area contributed by atoms with E-state index in [4.69, 9.17) is 27.4 Å². The van der Waals surface area contributed by atoms with Gasteiger partial charge in [0, 0.05) is 0 Å². The molecule has 0 radical (unpaired) electrons. The van der Waals surface area contributed by atoms with Gasteiger partial charge in [0.05, 0.1) is 13.3 Å². The molecule has 0 aliphatic rings. The van der Waals surface area contributed by atoms with Crippen molar-refractivity contribution in [3.05, 3.63) is 29.5 Å². The Balaban J connectivity index is 2.14. The van der Waals surface area contributed by atoms with Crippen LogP contribution in [0, 0.1) is 12.3 Å². The molecule has 2 rings (SSSR count). The Morgan fingerprint density at radius 3 is 2.91 bits per heavy atom. The fraction of sp³-hybridized carbons (Fsp3) is 0.143. The monoisotopic (exact) mass is 314 g/mol. The minimum Gasteiger partial charge on any atom is -0.493 e. The predicted molar refractivity (Wildman–Crippen MR) is 84.4 cm³/mol. The van der Waals surface area contributed by atoms with E-state index >= 15 is 0 Å². The summed E-state index contributed by atoms with van der Waals surface area (Å²) in [5.41, 5.74) is 12.0. The van der Waals surface area contributed by atoms with Crippen LogP contribution in [-0.4, -0.2) is 36.1 Å². The van der Waals surface area contributed by atoms with Gasteiger partial charge in [-0.25, -0.2) is 4.63 Å². The van der Waals surface area contributed by atoms with Crippen LogP contribution in [0.4, 0.5) is 5.82 Å². The topological polar surface area (TPSA) is 134 Å². The maximum absolute atomic E-state index is 5.67. The molecule has 4 N–H and O–H groups in total. The highest BCUT2D eigenvalue weighted by Crippen LogP contribution is 2.27. The van der Waals surface area contributed by atoms with E-state index in [0.717, 1.165) is 5.56 Å². The molecular weight excluding hydrogens is 300 g/mol. The quantitative estimate of drug-likeness (QED) is 0.341. The molecule has 23 heavy (non-hydrogen) atoms. The van der Waals surface area contributed by atoms with Crippen molar-refractivity contribution in [3.63, 3.8) is 0 Å². The minimum atomic E-state index is -0.0130. The lowest BCUT2D eigenvalue weighted by atomic mass is 10.2. The Labute approximate surface area is 131 Å². The standard InChI is InChI=1S/C14H14N6O3/c1-3-6-22-10-5-4-9(7-11(10)21-2)8-17-18-13(15)12-14(16)20-23-19-12/h1,4-5,7-8H,6H2,2H3,(H2,15,18)(H2,16,20)/b17-8-. The van der Waals surface area contributed by atoms with Crippen molar-refractivity contribution in [2.75, 3.05) is 19.5 Å². The van der Waals surface area contributed by atoms with Crippen LogP contribution < -0.4 is 20.9 Å². The SMILES string of the molecule is C#CCOc1ccc(/C=N\N=C(\N)c2nonc2N)cc1OC. The summed E-state index contributed by atoms with van der Waals surface area (Å²) in [5, 5.41) is 14.5. The zero-order valence-corrected chi connectivity index (χ0v) is 12.3. The summed E-state index contributed by atoms with van der Waals surface area (Å²) in [5.74, 6) is 3.46. The Kier molecular flexibility index (Phi) is 5.14. The zero-order valence-electron chi connectivity index (χ0n) is 12.3. The first kappa shape index (κ1) is 15.8. The third kappa shape index (κ3) is 3.98. The van der Waals surface area contributed by atoms with E-state index < -0.39 is 0 Å². The van der Waals surface area contributed by atoms with E-state index in [1.807, 2.05) is 0 Å². The molecule has 0 spiro atoms. The molecule has 1 aromatic carbocycles. The third-order valence-electron chi connectivity index (χ3n) is 2.63. The number of methoxy groups -OCH3 is 1. The number of benzene rings is 1. The number of rotatable bonds is 6. The highest BCUT2D eigenvalue weighted by molar-refractivity contribution is 5.99. The number of aromatic nitrogens is 2. The number of anilines is 1. The van der Waals surface area contributed by atoms with Crippen LogP contribution in [0.1, 0.15) is 11.3 Å². The molecule has 0 atom stereocenters. The molecule has 0 aliphatic heterocycles. The van der Waals surface area contributed by atoms with E-state index in [0.29, 0.717) is 11.5 Å². The van der Waals surface area contributed by atoms with Crippen molar-refractivity contribution >= 4 is 17.9 Å². The number of hydrogen-bond donors (Lipinski definition) is 2. The molecule has 9 nitrogen and oxygen atoms in total. The van der Waals surface area contributed by atoms with Gasteiger partial charge in [0.15, 0.2) is 28.8 Å². The summed E-state index contributed by atoms with van der Waals surface area (Å²) < 4.78 is 15.0. The summed E-state index contributed by atoms with van der Waals surface area (Å²) in [7, 11) is 1.52. The van der Waals surface area contributed by atoms with Crippen molar-refractivity contribution in [3.8, 4) is 23.8 Å². The summed E-state index contributed by atoms with van der Waals surface area (Å²) in [6.45, 7) is 0.151. The van der Waals surface area contributed by atoms with Crippen LogP contribution in [0.2, 0.25) is 0 Å². The molecule has 0 fully saturated rings. The zero-order chi connectivity index (χ0) is 16.7.